The highest BCUT2D eigenvalue weighted by Crippen LogP contribution is 1.88. The number of hydrogen-bond donors (Lipinski definition) is 2. The molecule has 0 saturated heterocycles. The third kappa shape index (κ3) is 5.75. The van der Waals surface area contributed by atoms with Crippen molar-refractivity contribution < 1.29 is 4.74 Å². The lowest BCUT2D eigenvalue weighted by molar-refractivity contribution is 0.198. The fourth-order valence-electron chi connectivity index (χ4n) is 1.25. The van der Waals surface area contributed by atoms with Gasteiger partial charge in [-0.3, -0.25) is 0 Å². The molecule has 0 spiro atoms. The standard InChI is InChI=1S/C11H20N4O/c1-10(8-12-6-7-16-2)15-9-11-13-4-3-5-14-11/h3-5,10,12,15H,6-9H2,1-2H3. The highest BCUT2D eigenvalue weighted by atomic mass is 16.5. The van der Waals surface area contributed by atoms with Crippen molar-refractivity contribution in [3.05, 3.63) is 24.3 Å². The number of methoxy groups -OCH3 is 1. The van der Waals surface area contributed by atoms with Crippen molar-refractivity contribution in [2.75, 3.05) is 26.8 Å². The van der Waals surface area contributed by atoms with Crippen LogP contribution in [0.25, 0.3) is 0 Å². The maximum Gasteiger partial charge on any atom is 0.141 e. The number of hydrogen-bond acceptors (Lipinski definition) is 5. The second-order valence-electron chi connectivity index (χ2n) is 3.64. The Morgan fingerprint density at radius 2 is 2.12 bits per heavy atom. The maximum absolute atomic E-state index is 4.95. The van der Waals surface area contributed by atoms with E-state index in [1.807, 2.05) is 6.07 Å². The summed E-state index contributed by atoms with van der Waals surface area (Å²) < 4.78 is 4.95. The molecule has 90 valence electrons. The molecular weight excluding hydrogens is 204 g/mol. The van der Waals surface area contributed by atoms with Crippen LogP contribution in [0.4, 0.5) is 0 Å². The van der Waals surface area contributed by atoms with Crippen LogP contribution in [0.3, 0.4) is 0 Å². The predicted molar refractivity (Wildman–Crippen MR) is 63.1 cm³/mol. The molecule has 5 heteroatoms. The third-order valence-electron chi connectivity index (χ3n) is 2.16. The lowest BCUT2D eigenvalue weighted by Gasteiger charge is -2.13. The average Bonchev–Trinajstić information content (AvgIpc) is 2.33. The van der Waals surface area contributed by atoms with Crippen LogP contribution < -0.4 is 10.6 Å². The zero-order valence-corrected chi connectivity index (χ0v) is 9.94. The van der Waals surface area contributed by atoms with Crippen molar-refractivity contribution in [2.45, 2.75) is 19.5 Å². The molecule has 0 aliphatic carbocycles. The fraction of sp³-hybridized carbons (Fsp3) is 0.636. The summed E-state index contributed by atoms with van der Waals surface area (Å²) in [5.74, 6) is 0.825. The van der Waals surface area contributed by atoms with Gasteiger partial charge in [-0.15, -0.1) is 0 Å². The second kappa shape index (κ2) is 8.15. The van der Waals surface area contributed by atoms with Crippen molar-refractivity contribution in [3.8, 4) is 0 Å². The van der Waals surface area contributed by atoms with Gasteiger partial charge in [0, 0.05) is 38.6 Å². The Kier molecular flexibility index (Phi) is 6.64. The summed E-state index contributed by atoms with van der Waals surface area (Å²) >= 11 is 0. The molecular formula is C11H20N4O. The van der Waals surface area contributed by atoms with Crippen LogP contribution in [0.15, 0.2) is 18.5 Å². The number of aromatic nitrogens is 2. The van der Waals surface area contributed by atoms with E-state index in [4.69, 9.17) is 4.74 Å². The van der Waals surface area contributed by atoms with Crippen molar-refractivity contribution >= 4 is 0 Å². The highest BCUT2D eigenvalue weighted by Gasteiger charge is 2.01. The largest absolute Gasteiger partial charge is 0.383 e. The van der Waals surface area contributed by atoms with Gasteiger partial charge < -0.3 is 15.4 Å². The van der Waals surface area contributed by atoms with E-state index >= 15 is 0 Å². The molecule has 1 atom stereocenters. The zero-order valence-electron chi connectivity index (χ0n) is 9.94. The Balaban J connectivity index is 2.08. The lowest BCUT2D eigenvalue weighted by atomic mass is 10.3. The molecule has 1 aromatic heterocycles. The third-order valence-corrected chi connectivity index (χ3v) is 2.16. The highest BCUT2D eigenvalue weighted by molar-refractivity contribution is 4.88. The van der Waals surface area contributed by atoms with Crippen LogP contribution in [-0.4, -0.2) is 42.8 Å². The molecule has 1 heterocycles. The first-order chi connectivity index (χ1) is 7.83. The van der Waals surface area contributed by atoms with E-state index in [-0.39, 0.29) is 0 Å². The van der Waals surface area contributed by atoms with Gasteiger partial charge in [-0.05, 0) is 13.0 Å². The second-order valence-corrected chi connectivity index (χ2v) is 3.64. The van der Waals surface area contributed by atoms with Gasteiger partial charge in [-0.1, -0.05) is 0 Å². The number of ether oxygens (including phenoxy) is 1. The van der Waals surface area contributed by atoms with Gasteiger partial charge in [0.25, 0.3) is 0 Å². The lowest BCUT2D eigenvalue weighted by Crippen LogP contribution is -2.37. The van der Waals surface area contributed by atoms with Crippen molar-refractivity contribution in [2.24, 2.45) is 0 Å². The quantitative estimate of drug-likeness (QED) is 0.617. The Bertz CT molecular complexity index is 268. The van der Waals surface area contributed by atoms with Gasteiger partial charge in [0.15, 0.2) is 0 Å². The van der Waals surface area contributed by atoms with Crippen molar-refractivity contribution in [1.29, 1.82) is 0 Å². The number of nitrogens with one attached hydrogen (secondary N) is 2. The minimum atomic E-state index is 0.390. The predicted octanol–water partition coefficient (Wildman–Crippen LogP) is 0.191. The number of rotatable bonds is 8. The summed E-state index contributed by atoms with van der Waals surface area (Å²) in [5, 5.41) is 6.64. The number of nitrogens with zero attached hydrogens (tertiary/aromatic N) is 2. The SMILES string of the molecule is COCCNCC(C)NCc1ncccn1. The minimum absolute atomic E-state index is 0.390. The van der Waals surface area contributed by atoms with Gasteiger partial charge >= 0.3 is 0 Å². The minimum Gasteiger partial charge on any atom is -0.383 e. The van der Waals surface area contributed by atoms with E-state index in [0.717, 1.165) is 25.5 Å². The average molecular weight is 224 g/mol. The summed E-state index contributed by atoms with van der Waals surface area (Å²) in [6.45, 7) is 5.37. The fourth-order valence-corrected chi connectivity index (χ4v) is 1.25. The summed E-state index contributed by atoms with van der Waals surface area (Å²) in [5.41, 5.74) is 0. The van der Waals surface area contributed by atoms with Crippen LogP contribution >= 0.6 is 0 Å². The van der Waals surface area contributed by atoms with E-state index in [1.54, 1.807) is 19.5 Å². The first-order valence-electron chi connectivity index (χ1n) is 5.52. The molecule has 0 amide bonds. The molecule has 0 aromatic carbocycles. The van der Waals surface area contributed by atoms with Gasteiger partial charge in [0.2, 0.25) is 0 Å². The summed E-state index contributed by atoms with van der Waals surface area (Å²) in [6.07, 6.45) is 3.51. The molecule has 1 unspecified atom stereocenters. The topological polar surface area (TPSA) is 59.1 Å². The summed E-state index contributed by atoms with van der Waals surface area (Å²) in [4.78, 5) is 8.29. The van der Waals surface area contributed by atoms with Gasteiger partial charge in [0.1, 0.15) is 5.82 Å². The van der Waals surface area contributed by atoms with Crippen LogP contribution in [-0.2, 0) is 11.3 Å². The van der Waals surface area contributed by atoms with Crippen LogP contribution in [0, 0.1) is 0 Å². The Morgan fingerprint density at radius 1 is 1.38 bits per heavy atom. The van der Waals surface area contributed by atoms with Gasteiger partial charge in [-0.2, -0.15) is 0 Å². The monoisotopic (exact) mass is 224 g/mol. The van der Waals surface area contributed by atoms with Crippen LogP contribution in [0.5, 0.6) is 0 Å². The Labute approximate surface area is 96.6 Å². The van der Waals surface area contributed by atoms with E-state index in [0.29, 0.717) is 12.6 Å². The first kappa shape index (κ1) is 13.0. The van der Waals surface area contributed by atoms with Crippen molar-refractivity contribution in [3.63, 3.8) is 0 Å². The van der Waals surface area contributed by atoms with Crippen LogP contribution in [0.1, 0.15) is 12.7 Å². The molecule has 0 aliphatic rings. The zero-order chi connectivity index (χ0) is 11.6. The molecule has 16 heavy (non-hydrogen) atoms. The van der Waals surface area contributed by atoms with E-state index in [9.17, 15) is 0 Å². The first-order valence-corrected chi connectivity index (χ1v) is 5.52. The van der Waals surface area contributed by atoms with Crippen LogP contribution in [0.2, 0.25) is 0 Å². The maximum atomic E-state index is 4.95. The van der Waals surface area contributed by atoms with Gasteiger partial charge in [0.05, 0.1) is 13.2 Å². The van der Waals surface area contributed by atoms with E-state index < -0.39 is 0 Å². The molecule has 0 fully saturated rings. The molecule has 0 radical (unpaired) electrons. The van der Waals surface area contributed by atoms with Crippen molar-refractivity contribution in [1.82, 2.24) is 20.6 Å². The molecule has 0 aliphatic heterocycles. The molecule has 2 N–H and O–H groups in total. The molecule has 1 rings (SSSR count). The van der Waals surface area contributed by atoms with E-state index in [2.05, 4.69) is 27.5 Å². The molecule has 1 aromatic rings. The molecule has 0 bridgehead atoms. The molecule has 0 saturated carbocycles. The summed E-state index contributed by atoms with van der Waals surface area (Å²) in [6, 6.07) is 2.21. The summed E-state index contributed by atoms with van der Waals surface area (Å²) in [7, 11) is 1.70. The Hall–Kier alpha value is -1.04. The molecule has 5 nitrogen and oxygen atoms in total. The normalized spacial score (nSPS) is 12.6. The Morgan fingerprint density at radius 3 is 2.81 bits per heavy atom. The van der Waals surface area contributed by atoms with Gasteiger partial charge in [-0.25, -0.2) is 9.97 Å². The smallest absolute Gasteiger partial charge is 0.141 e. The van der Waals surface area contributed by atoms with E-state index in [1.165, 1.54) is 0 Å².